The maximum atomic E-state index is 13.6. The van der Waals surface area contributed by atoms with E-state index in [4.69, 9.17) is 16.3 Å². The molecule has 1 saturated heterocycles. The molecule has 0 spiro atoms. The summed E-state index contributed by atoms with van der Waals surface area (Å²) in [6.45, 7) is 3.27. The molecule has 2 aromatic rings. The number of ether oxygens (including phenoxy) is 1. The van der Waals surface area contributed by atoms with Crippen molar-refractivity contribution in [2.24, 2.45) is 0 Å². The van der Waals surface area contributed by atoms with Crippen molar-refractivity contribution in [1.29, 1.82) is 0 Å². The Bertz CT molecular complexity index is 1040. The highest BCUT2D eigenvalue weighted by atomic mass is 35.5. The maximum absolute atomic E-state index is 13.6. The van der Waals surface area contributed by atoms with Crippen LogP contribution in [0.1, 0.15) is 31.7 Å². The Balaban J connectivity index is 1.86. The Labute approximate surface area is 193 Å². The number of nitrogens with zero attached hydrogens (tertiary/aromatic N) is 1. The van der Waals surface area contributed by atoms with Gasteiger partial charge in [0, 0.05) is 25.2 Å². The van der Waals surface area contributed by atoms with Crippen LogP contribution in [0.4, 0.5) is 10.1 Å². The molecule has 3 rings (SSSR count). The van der Waals surface area contributed by atoms with Crippen molar-refractivity contribution in [2.45, 2.75) is 37.6 Å². The fourth-order valence-corrected chi connectivity index (χ4v) is 5.56. The molecule has 0 saturated carbocycles. The van der Waals surface area contributed by atoms with Crippen LogP contribution in [0.25, 0.3) is 0 Å². The normalized spacial score (nSPS) is 16.9. The highest BCUT2D eigenvalue weighted by molar-refractivity contribution is 7.92. The molecule has 32 heavy (non-hydrogen) atoms. The number of carbonyl (C=O) groups excluding carboxylic acids is 1. The standard InChI is InChI=1S/C23H28ClFN2O4S/c1-3-21(27(32(2,29)30)18-9-10-20(25)19(24)15-18)22(28)26-16-23(11-13-31-14-12-23)17-7-5-4-6-8-17/h4-10,15,21H,3,11-14,16H2,1-2H3,(H,26,28)/t21-/m0/s1. The van der Waals surface area contributed by atoms with Crippen LogP contribution < -0.4 is 9.62 Å². The van der Waals surface area contributed by atoms with Crippen LogP contribution in [-0.4, -0.2) is 46.4 Å². The Hall–Kier alpha value is -2.16. The van der Waals surface area contributed by atoms with Crippen molar-refractivity contribution in [3.63, 3.8) is 0 Å². The van der Waals surface area contributed by atoms with Crippen LogP contribution in [0, 0.1) is 5.82 Å². The van der Waals surface area contributed by atoms with Crippen molar-refractivity contribution >= 4 is 33.2 Å². The van der Waals surface area contributed by atoms with Gasteiger partial charge in [-0.2, -0.15) is 0 Å². The number of nitrogens with one attached hydrogen (secondary N) is 1. The summed E-state index contributed by atoms with van der Waals surface area (Å²) in [6.07, 6.45) is 2.74. The fourth-order valence-electron chi connectivity index (χ4n) is 4.18. The number of hydrogen-bond donors (Lipinski definition) is 1. The molecule has 1 aliphatic rings. The average molecular weight is 483 g/mol. The number of hydrogen-bond acceptors (Lipinski definition) is 4. The monoisotopic (exact) mass is 482 g/mol. The number of amides is 1. The highest BCUT2D eigenvalue weighted by Gasteiger charge is 2.37. The summed E-state index contributed by atoms with van der Waals surface area (Å²) in [5.74, 6) is -1.08. The molecule has 1 fully saturated rings. The highest BCUT2D eigenvalue weighted by Crippen LogP contribution is 2.34. The smallest absolute Gasteiger partial charge is 0.243 e. The molecule has 1 amide bonds. The van der Waals surface area contributed by atoms with Gasteiger partial charge in [-0.1, -0.05) is 48.9 Å². The van der Waals surface area contributed by atoms with Crippen LogP contribution in [0.5, 0.6) is 0 Å². The second-order valence-corrected chi connectivity index (χ2v) is 10.3. The first-order valence-corrected chi connectivity index (χ1v) is 12.8. The van der Waals surface area contributed by atoms with Crippen LogP contribution in [0.2, 0.25) is 5.02 Å². The van der Waals surface area contributed by atoms with E-state index < -0.39 is 27.8 Å². The number of sulfonamides is 1. The van der Waals surface area contributed by atoms with Gasteiger partial charge in [0.05, 0.1) is 17.0 Å². The van der Waals surface area contributed by atoms with E-state index in [9.17, 15) is 17.6 Å². The zero-order valence-corrected chi connectivity index (χ0v) is 19.8. The third-order valence-electron chi connectivity index (χ3n) is 5.92. The van der Waals surface area contributed by atoms with Gasteiger partial charge in [0.25, 0.3) is 0 Å². The van der Waals surface area contributed by atoms with Gasteiger partial charge in [-0.05, 0) is 43.0 Å². The first-order valence-electron chi connectivity index (χ1n) is 10.5. The van der Waals surface area contributed by atoms with E-state index in [0.29, 0.717) is 19.8 Å². The Morgan fingerprint density at radius 2 is 1.88 bits per heavy atom. The lowest BCUT2D eigenvalue weighted by Crippen LogP contribution is -2.52. The van der Waals surface area contributed by atoms with Gasteiger partial charge >= 0.3 is 0 Å². The third-order valence-corrected chi connectivity index (χ3v) is 7.39. The van der Waals surface area contributed by atoms with Gasteiger partial charge < -0.3 is 10.1 Å². The van der Waals surface area contributed by atoms with Crippen LogP contribution in [0.15, 0.2) is 48.5 Å². The number of benzene rings is 2. The maximum Gasteiger partial charge on any atom is 0.243 e. The van der Waals surface area contributed by atoms with E-state index >= 15 is 0 Å². The van der Waals surface area contributed by atoms with Crippen LogP contribution >= 0.6 is 11.6 Å². The zero-order valence-electron chi connectivity index (χ0n) is 18.2. The lowest BCUT2D eigenvalue weighted by atomic mass is 9.74. The van der Waals surface area contributed by atoms with E-state index in [0.717, 1.165) is 35.0 Å². The molecule has 1 heterocycles. The summed E-state index contributed by atoms with van der Waals surface area (Å²) >= 11 is 5.88. The summed E-state index contributed by atoms with van der Waals surface area (Å²) in [5, 5.41) is 2.77. The fraction of sp³-hybridized carbons (Fsp3) is 0.435. The van der Waals surface area contributed by atoms with Crippen molar-refractivity contribution in [3.8, 4) is 0 Å². The molecule has 174 valence electrons. The summed E-state index contributed by atoms with van der Waals surface area (Å²) in [6, 6.07) is 12.6. The molecule has 0 aromatic heterocycles. The summed E-state index contributed by atoms with van der Waals surface area (Å²) in [7, 11) is -3.84. The molecule has 0 aliphatic carbocycles. The van der Waals surface area contributed by atoms with Crippen LogP contribution in [0.3, 0.4) is 0 Å². The second-order valence-electron chi connectivity index (χ2n) is 8.06. The number of anilines is 1. The van der Waals surface area contributed by atoms with Gasteiger partial charge in [-0.25, -0.2) is 12.8 Å². The van der Waals surface area contributed by atoms with Gasteiger partial charge in [0.1, 0.15) is 11.9 Å². The summed E-state index contributed by atoms with van der Waals surface area (Å²) < 4.78 is 45.4. The van der Waals surface area contributed by atoms with Crippen molar-refractivity contribution in [1.82, 2.24) is 5.32 Å². The zero-order chi connectivity index (χ0) is 23.4. The predicted molar refractivity (Wildman–Crippen MR) is 124 cm³/mol. The summed E-state index contributed by atoms with van der Waals surface area (Å²) in [4.78, 5) is 13.2. The minimum atomic E-state index is -3.84. The topological polar surface area (TPSA) is 75.7 Å². The second kappa shape index (κ2) is 10.2. The Morgan fingerprint density at radius 3 is 2.44 bits per heavy atom. The quantitative estimate of drug-likeness (QED) is 0.619. The average Bonchev–Trinajstić information content (AvgIpc) is 2.78. The van der Waals surface area contributed by atoms with E-state index in [1.165, 1.54) is 12.1 Å². The molecule has 9 heteroatoms. The SMILES string of the molecule is CC[C@@H](C(=O)NCC1(c2ccccc2)CCOCC1)N(c1ccc(F)c(Cl)c1)S(C)(=O)=O. The largest absolute Gasteiger partial charge is 0.381 e. The summed E-state index contributed by atoms with van der Waals surface area (Å²) in [5.41, 5.74) is 0.967. The van der Waals surface area contributed by atoms with Gasteiger partial charge in [-0.3, -0.25) is 9.10 Å². The molecular formula is C23H28ClFN2O4S. The van der Waals surface area contributed by atoms with Gasteiger partial charge in [-0.15, -0.1) is 0 Å². The van der Waals surface area contributed by atoms with E-state index in [1.807, 2.05) is 30.3 Å². The van der Waals surface area contributed by atoms with E-state index in [1.54, 1.807) is 6.92 Å². The molecule has 1 atom stereocenters. The first kappa shape index (κ1) is 24.5. The molecule has 1 aliphatic heterocycles. The molecule has 1 N–H and O–H groups in total. The first-order chi connectivity index (χ1) is 15.2. The molecule has 0 bridgehead atoms. The Morgan fingerprint density at radius 1 is 1.22 bits per heavy atom. The molecule has 6 nitrogen and oxygen atoms in total. The number of halogens is 2. The van der Waals surface area contributed by atoms with Gasteiger partial charge in [0.15, 0.2) is 0 Å². The van der Waals surface area contributed by atoms with Gasteiger partial charge in [0.2, 0.25) is 15.9 Å². The van der Waals surface area contributed by atoms with Crippen LogP contribution in [-0.2, 0) is 25.0 Å². The minimum absolute atomic E-state index is 0.143. The third kappa shape index (κ3) is 5.42. The predicted octanol–water partition coefficient (Wildman–Crippen LogP) is 3.89. The molecule has 0 unspecified atom stereocenters. The lowest BCUT2D eigenvalue weighted by Gasteiger charge is -2.39. The van der Waals surface area contributed by atoms with Crippen molar-refractivity contribution in [3.05, 3.63) is 64.9 Å². The lowest BCUT2D eigenvalue weighted by molar-refractivity contribution is -0.122. The minimum Gasteiger partial charge on any atom is -0.381 e. The van der Waals surface area contributed by atoms with Crippen molar-refractivity contribution < 1.29 is 22.3 Å². The van der Waals surface area contributed by atoms with E-state index in [-0.39, 0.29) is 22.5 Å². The Kier molecular flexibility index (Phi) is 7.79. The molecule has 2 aromatic carbocycles. The molecular weight excluding hydrogens is 455 g/mol. The van der Waals surface area contributed by atoms with E-state index in [2.05, 4.69) is 5.32 Å². The molecule has 0 radical (unpaired) electrons. The number of carbonyl (C=O) groups is 1. The number of rotatable bonds is 8. The van der Waals surface area contributed by atoms with Crippen molar-refractivity contribution in [2.75, 3.05) is 30.3 Å².